The van der Waals surface area contributed by atoms with Crippen molar-refractivity contribution >= 4 is 11.7 Å². The molecule has 3 rings (SSSR count). The molecule has 2 heterocycles. The van der Waals surface area contributed by atoms with Gasteiger partial charge in [-0.2, -0.15) is 10.1 Å². The maximum Gasteiger partial charge on any atom is 0.226 e. The van der Waals surface area contributed by atoms with E-state index in [4.69, 9.17) is 4.74 Å². The van der Waals surface area contributed by atoms with E-state index in [2.05, 4.69) is 15.4 Å². The first-order valence-electron chi connectivity index (χ1n) is 7.36. The number of Topliss-reactive ketones (excluding diaryl/α,β-unsaturated/α-hetero) is 1. The minimum atomic E-state index is -0.411. The zero-order valence-corrected chi connectivity index (χ0v) is 13.2. The molecule has 0 spiro atoms. The van der Waals surface area contributed by atoms with Crippen LogP contribution in [0, 0.1) is 0 Å². The number of nitrogens with one attached hydrogen (secondary N) is 1. The van der Waals surface area contributed by atoms with Gasteiger partial charge >= 0.3 is 0 Å². The minimum Gasteiger partial charge on any atom is -0.504 e. The van der Waals surface area contributed by atoms with Gasteiger partial charge in [0.1, 0.15) is 12.4 Å². The van der Waals surface area contributed by atoms with E-state index in [1.165, 1.54) is 13.3 Å². The molecule has 1 aromatic heterocycles. The number of benzene rings is 1. The normalized spacial score (nSPS) is 16.7. The smallest absolute Gasteiger partial charge is 0.226 e. The molecule has 0 fully saturated rings. The fourth-order valence-corrected chi connectivity index (χ4v) is 2.83. The molecule has 0 aliphatic carbocycles. The Kier molecular flexibility index (Phi) is 3.77. The molecule has 0 radical (unpaired) electrons. The van der Waals surface area contributed by atoms with Gasteiger partial charge in [-0.3, -0.25) is 4.79 Å². The minimum absolute atomic E-state index is 0.0489. The summed E-state index contributed by atoms with van der Waals surface area (Å²) in [6.07, 6.45) is 1.44. The third kappa shape index (κ3) is 2.54. The van der Waals surface area contributed by atoms with Crippen LogP contribution in [-0.2, 0) is 4.79 Å². The first kappa shape index (κ1) is 15.1. The molecule has 1 aliphatic rings. The third-order valence-electron chi connectivity index (χ3n) is 3.77. The molecule has 23 heavy (non-hydrogen) atoms. The highest BCUT2D eigenvalue weighted by atomic mass is 16.5. The van der Waals surface area contributed by atoms with Gasteiger partial charge in [0.2, 0.25) is 5.95 Å². The molecule has 0 amide bonds. The van der Waals surface area contributed by atoms with Gasteiger partial charge in [0.25, 0.3) is 0 Å². The summed E-state index contributed by atoms with van der Waals surface area (Å²) in [6, 6.07) is 4.64. The SMILES string of the molecule is CCOc1cc([C@@H]2C(C(C)=O)=C(C)Nc3ncnn32)ccc1O. The standard InChI is InChI=1S/C16H18N4O3/c1-4-23-13-7-11(5-6-12(13)22)15-14(10(3)21)9(2)19-16-17-8-18-20(15)16/h5-8,15,22H,4H2,1-3H3,(H,17,18,19)/t15-/m1/s1. The van der Waals surface area contributed by atoms with Crippen molar-refractivity contribution in [1.29, 1.82) is 0 Å². The number of ether oxygens (including phenoxy) is 1. The molecule has 0 saturated heterocycles. The molecule has 7 nitrogen and oxygen atoms in total. The second kappa shape index (κ2) is 5.75. The maximum absolute atomic E-state index is 12.2. The zero-order valence-electron chi connectivity index (χ0n) is 13.2. The zero-order chi connectivity index (χ0) is 16.6. The van der Waals surface area contributed by atoms with Crippen LogP contribution in [0.25, 0.3) is 0 Å². The van der Waals surface area contributed by atoms with Crippen molar-refractivity contribution in [1.82, 2.24) is 14.8 Å². The Balaban J connectivity index is 2.16. The van der Waals surface area contributed by atoms with Crippen molar-refractivity contribution in [3.63, 3.8) is 0 Å². The van der Waals surface area contributed by atoms with Crippen LogP contribution in [-0.4, -0.2) is 32.3 Å². The van der Waals surface area contributed by atoms with E-state index in [9.17, 15) is 9.90 Å². The summed E-state index contributed by atoms with van der Waals surface area (Å²) in [5, 5.41) is 17.2. The van der Waals surface area contributed by atoms with Gasteiger partial charge in [-0.1, -0.05) is 6.07 Å². The highest BCUT2D eigenvalue weighted by molar-refractivity contribution is 5.96. The summed E-state index contributed by atoms with van der Waals surface area (Å²) in [4.78, 5) is 16.3. The van der Waals surface area contributed by atoms with E-state index >= 15 is 0 Å². The Morgan fingerprint density at radius 2 is 2.26 bits per heavy atom. The Morgan fingerprint density at radius 1 is 1.48 bits per heavy atom. The van der Waals surface area contributed by atoms with Gasteiger partial charge in [-0.25, -0.2) is 4.68 Å². The summed E-state index contributed by atoms with van der Waals surface area (Å²) in [5.41, 5.74) is 2.15. The topological polar surface area (TPSA) is 89.3 Å². The Hall–Kier alpha value is -2.83. The van der Waals surface area contributed by atoms with Crippen LogP contribution in [0.5, 0.6) is 11.5 Å². The molecule has 2 aromatic rings. The Morgan fingerprint density at radius 3 is 2.96 bits per heavy atom. The number of nitrogens with zero attached hydrogens (tertiary/aromatic N) is 3. The van der Waals surface area contributed by atoms with Crippen molar-refractivity contribution in [3.05, 3.63) is 41.4 Å². The first-order chi connectivity index (χ1) is 11.0. The van der Waals surface area contributed by atoms with E-state index in [-0.39, 0.29) is 11.5 Å². The predicted octanol–water partition coefficient (Wildman–Crippen LogP) is 2.26. The summed E-state index contributed by atoms with van der Waals surface area (Å²) in [5.74, 6) is 0.967. The lowest BCUT2D eigenvalue weighted by Gasteiger charge is -2.28. The third-order valence-corrected chi connectivity index (χ3v) is 3.77. The lowest BCUT2D eigenvalue weighted by molar-refractivity contribution is -0.114. The van der Waals surface area contributed by atoms with Gasteiger partial charge in [-0.15, -0.1) is 0 Å². The second-order valence-electron chi connectivity index (χ2n) is 5.31. The number of hydrogen-bond donors (Lipinski definition) is 2. The van der Waals surface area contributed by atoms with Crippen LogP contribution in [0.2, 0.25) is 0 Å². The number of aromatic hydroxyl groups is 1. The summed E-state index contributed by atoms with van der Waals surface area (Å²) in [6.45, 7) is 5.65. The monoisotopic (exact) mass is 314 g/mol. The summed E-state index contributed by atoms with van der Waals surface area (Å²) >= 11 is 0. The molecule has 0 unspecified atom stereocenters. The molecule has 1 aliphatic heterocycles. The van der Waals surface area contributed by atoms with Crippen molar-refractivity contribution in [2.45, 2.75) is 26.8 Å². The second-order valence-corrected chi connectivity index (χ2v) is 5.31. The number of anilines is 1. The molecular weight excluding hydrogens is 296 g/mol. The van der Waals surface area contributed by atoms with Crippen LogP contribution in [0.15, 0.2) is 35.8 Å². The number of ketones is 1. The van der Waals surface area contributed by atoms with Gasteiger partial charge in [0.05, 0.1) is 6.61 Å². The fraction of sp³-hybridized carbons (Fsp3) is 0.312. The molecule has 0 bridgehead atoms. The maximum atomic E-state index is 12.2. The van der Waals surface area contributed by atoms with Crippen molar-refractivity contribution in [2.24, 2.45) is 0 Å². The lowest BCUT2D eigenvalue weighted by Crippen LogP contribution is -2.27. The van der Waals surface area contributed by atoms with Gasteiger partial charge in [0.15, 0.2) is 17.3 Å². The van der Waals surface area contributed by atoms with Crippen molar-refractivity contribution < 1.29 is 14.6 Å². The molecule has 120 valence electrons. The van der Waals surface area contributed by atoms with Crippen LogP contribution in [0.1, 0.15) is 32.4 Å². The van der Waals surface area contributed by atoms with Gasteiger partial charge in [0, 0.05) is 11.3 Å². The fourth-order valence-electron chi connectivity index (χ4n) is 2.83. The predicted molar refractivity (Wildman–Crippen MR) is 84.4 cm³/mol. The number of phenolic OH excluding ortho intramolecular Hbond substituents is 1. The van der Waals surface area contributed by atoms with Gasteiger partial charge in [-0.05, 0) is 38.5 Å². The van der Waals surface area contributed by atoms with Gasteiger partial charge < -0.3 is 15.2 Å². The number of rotatable bonds is 4. The lowest BCUT2D eigenvalue weighted by atomic mass is 9.93. The van der Waals surface area contributed by atoms with Crippen LogP contribution in [0.4, 0.5) is 5.95 Å². The Labute approximate surface area is 133 Å². The van der Waals surface area contributed by atoms with E-state index in [1.54, 1.807) is 22.9 Å². The quantitative estimate of drug-likeness (QED) is 0.900. The number of phenols is 1. The van der Waals surface area contributed by atoms with E-state index in [0.717, 1.165) is 11.3 Å². The average Bonchev–Trinajstić information content (AvgIpc) is 2.96. The number of hydrogen-bond acceptors (Lipinski definition) is 6. The van der Waals surface area contributed by atoms with E-state index < -0.39 is 6.04 Å². The Bertz CT molecular complexity index is 794. The molecule has 0 saturated carbocycles. The number of carbonyl (C=O) groups excluding carboxylic acids is 1. The van der Waals surface area contributed by atoms with Crippen LogP contribution >= 0.6 is 0 Å². The average molecular weight is 314 g/mol. The number of carbonyl (C=O) groups is 1. The highest BCUT2D eigenvalue weighted by Gasteiger charge is 2.32. The first-order valence-corrected chi connectivity index (χ1v) is 7.36. The van der Waals surface area contributed by atoms with E-state index in [0.29, 0.717) is 23.9 Å². The molecular formula is C16H18N4O3. The molecule has 7 heteroatoms. The number of fused-ring (bicyclic) bond motifs is 1. The van der Waals surface area contributed by atoms with E-state index in [1.807, 2.05) is 13.8 Å². The number of aromatic nitrogens is 3. The summed E-state index contributed by atoms with van der Waals surface area (Å²) < 4.78 is 7.11. The molecule has 1 aromatic carbocycles. The van der Waals surface area contributed by atoms with Crippen molar-refractivity contribution in [2.75, 3.05) is 11.9 Å². The number of allylic oxidation sites excluding steroid dienone is 2. The van der Waals surface area contributed by atoms with Crippen LogP contribution < -0.4 is 10.1 Å². The summed E-state index contributed by atoms with van der Waals surface area (Å²) in [7, 11) is 0. The highest BCUT2D eigenvalue weighted by Crippen LogP contribution is 2.38. The largest absolute Gasteiger partial charge is 0.504 e. The molecule has 2 N–H and O–H groups in total. The van der Waals surface area contributed by atoms with Crippen molar-refractivity contribution in [3.8, 4) is 11.5 Å². The molecule has 1 atom stereocenters. The van der Waals surface area contributed by atoms with Crippen LogP contribution in [0.3, 0.4) is 0 Å².